The molecule has 3 nitrogen and oxygen atoms in total. The van der Waals surface area contributed by atoms with E-state index < -0.39 is 0 Å². The molecule has 1 fully saturated rings. The first-order chi connectivity index (χ1) is 8.58. The van der Waals surface area contributed by atoms with Crippen LogP contribution in [0.1, 0.15) is 43.4 Å². The summed E-state index contributed by atoms with van der Waals surface area (Å²) < 4.78 is 0. The van der Waals surface area contributed by atoms with Crippen molar-refractivity contribution in [2.75, 3.05) is 0 Å². The molecule has 2 rings (SSSR count). The highest BCUT2D eigenvalue weighted by molar-refractivity contribution is 5.79. The summed E-state index contributed by atoms with van der Waals surface area (Å²) in [6, 6.07) is 8.44. The van der Waals surface area contributed by atoms with Crippen LogP contribution in [0.25, 0.3) is 0 Å². The Kier molecular flexibility index (Phi) is 4.02. The molecule has 3 heteroatoms. The zero-order valence-electron chi connectivity index (χ0n) is 11.1. The van der Waals surface area contributed by atoms with Gasteiger partial charge in [-0.1, -0.05) is 24.3 Å². The normalized spacial score (nSPS) is 24.8. The molecule has 0 radical (unpaired) electrons. The maximum atomic E-state index is 12.1. The van der Waals surface area contributed by atoms with Crippen LogP contribution in [0.2, 0.25) is 0 Å². The quantitative estimate of drug-likeness (QED) is 0.859. The highest BCUT2D eigenvalue weighted by Crippen LogP contribution is 2.25. The molecule has 1 aliphatic carbocycles. The number of nitrogens with two attached hydrogens (primary N) is 1. The maximum Gasteiger partial charge on any atom is 0.223 e. The van der Waals surface area contributed by atoms with Gasteiger partial charge in [0.05, 0.1) is 6.04 Å². The highest BCUT2D eigenvalue weighted by Gasteiger charge is 2.28. The molecular weight excluding hydrogens is 224 g/mol. The standard InChI is InChI=1S/C15H22N2O/c1-10-5-3-4-6-14(10)11(2)17-15(18)12-7-8-13(16)9-12/h3-6,11-13H,7-9,16H2,1-2H3,(H,17,18)/t11-,12?,13?/m0/s1. The van der Waals surface area contributed by atoms with Crippen LogP contribution in [0, 0.1) is 12.8 Å². The number of hydrogen-bond acceptors (Lipinski definition) is 2. The number of hydrogen-bond donors (Lipinski definition) is 2. The van der Waals surface area contributed by atoms with Crippen molar-refractivity contribution >= 4 is 5.91 Å². The van der Waals surface area contributed by atoms with Crippen molar-refractivity contribution in [2.24, 2.45) is 11.7 Å². The monoisotopic (exact) mass is 246 g/mol. The van der Waals surface area contributed by atoms with Crippen LogP contribution in [0.5, 0.6) is 0 Å². The number of benzene rings is 1. The van der Waals surface area contributed by atoms with E-state index in [1.54, 1.807) is 0 Å². The van der Waals surface area contributed by atoms with Crippen molar-refractivity contribution in [2.45, 2.75) is 45.2 Å². The molecule has 3 atom stereocenters. The fourth-order valence-corrected chi connectivity index (χ4v) is 2.74. The predicted octanol–water partition coefficient (Wildman–Crippen LogP) is 2.30. The third-order valence-corrected chi connectivity index (χ3v) is 3.86. The highest BCUT2D eigenvalue weighted by atomic mass is 16.1. The first-order valence-corrected chi connectivity index (χ1v) is 6.69. The summed E-state index contributed by atoms with van der Waals surface area (Å²) in [6.07, 6.45) is 2.72. The van der Waals surface area contributed by atoms with E-state index in [4.69, 9.17) is 5.73 Å². The van der Waals surface area contributed by atoms with Gasteiger partial charge in [-0.25, -0.2) is 0 Å². The van der Waals surface area contributed by atoms with Gasteiger partial charge < -0.3 is 11.1 Å². The summed E-state index contributed by atoms with van der Waals surface area (Å²) in [7, 11) is 0. The van der Waals surface area contributed by atoms with E-state index in [0.29, 0.717) is 0 Å². The average Bonchev–Trinajstić information content (AvgIpc) is 2.76. The molecule has 18 heavy (non-hydrogen) atoms. The van der Waals surface area contributed by atoms with Crippen molar-refractivity contribution < 1.29 is 4.79 Å². The Labute approximate surface area is 109 Å². The molecule has 1 saturated carbocycles. The summed E-state index contributed by atoms with van der Waals surface area (Å²) >= 11 is 0. The second kappa shape index (κ2) is 5.53. The molecular formula is C15H22N2O. The molecule has 0 saturated heterocycles. The van der Waals surface area contributed by atoms with E-state index in [2.05, 4.69) is 24.4 Å². The molecule has 1 amide bonds. The third kappa shape index (κ3) is 2.91. The van der Waals surface area contributed by atoms with Gasteiger partial charge in [0.1, 0.15) is 0 Å². The van der Waals surface area contributed by atoms with Crippen LogP contribution in [-0.2, 0) is 4.79 Å². The molecule has 3 N–H and O–H groups in total. The zero-order chi connectivity index (χ0) is 13.1. The Hall–Kier alpha value is -1.35. The topological polar surface area (TPSA) is 55.1 Å². The van der Waals surface area contributed by atoms with E-state index in [0.717, 1.165) is 19.3 Å². The van der Waals surface area contributed by atoms with Crippen LogP contribution < -0.4 is 11.1 Å². The largest absolute Gasteiger partial charge is 0.349 e. The van der Waals surface area contributed by atoms with Crippen LogP contribution in [0.4, 0.5) is 0 Å². The molecule has 0 aromatic heterocycles. The summed E-state index contributed by atoms with van der Waals surface area (Å²) in [5.74, 6) is 0.255. The minimum Gasteiger partial charge on any atom is -0.349 e. The maximum absolute atomic E-state index is 12.1. The number of aryl methyl sites for hydroxylation is 1. The minimum atomic E-state index is 0.0653. The molecule has 0 bridgehead atoms. The fraction of sp³-hybridized carbons (Fsp3) is 0.533. The second-order valence-corrected chi connectivity index (χ2v) is 5.36. The first-order valence-electron chi connectivity index (χ1n) is 6.69. The average molecular weight is 246 g/mol. The SMILES string of the molecule is Cc1ccccc1[C@H](C)NC(=O)C1CCC(N)C1. The number of carbonyl (C=O) groups excluding carboxylic acids is 1. The summed E-state index contributed by atoms with van der Waals surface area (Å²) in [5.41, 5.74) is 8.25. The lowest BCUT2D eigenvalue weighted by Gasteiger charge is -2.19. The Morgan fingerprint density at radius 1 is 1.39 bits per heavy atom. The van der Waals surface area contributed by atoms with Crippen LogP contribution >= 0.6 is 0 Å². The van der Waals surface area contributed by atoms with Crippen LogP contribution in [0.15, 0.2) is 24.3 Å². The van der Waals surface area contributed by atoms with Gasteiger partial charge in [-0.05, 0) is 44.2 Å². The van der Waals surface area contributed by atoms with Crippen molar-refractivity contribution in [1.82, 2.24) is 5.32 Å². The molecule has 0 spiro atoms. The fourth-order valence-electron chi connectivity index (χ4n) is 2.74. The molecule has 1 aromatic carbocycles. The summed E-state index contributed by atoms with van der Waals surface area (Å²) in [5, 5.41) is 3.10. The molecule has 1 aliphatic rings. The van der Waals surface area contributed by atoms with Gasteiger partial charge in [0.2, 0.25) is 5.91 Å². The Morgan fingerprint density at radius 2 is 2.11 bits per heavy atom. The van der Waals surface area contributed by atoms with Gasteiger partial charge >= 0.3 is 0 Å². The van der Waals surface area contributed by atoms with E-state index in [1.807, 2.05) is 19.1 Å². The molecule has 98 valence electrons. The van der Waals surface area contributed by atoms with Crippen LogP contribution in [-0.4, -0.2) is 11.9 Å². The van der Waals surface area contributed by atoms with Crippen molar-refractivity contribution in [3.8, 4) is 0 Å². The molecule has 1 aromatic rings. The van der Waals surface area contributed by atoms with Gasteiger partial charge in [0, 0.05) is 12.0 Å². The van der Waals surface area contributed by atoms with Gasteiger partial charge in [0.15, 0.2) is 0 Å². The summed E-state index contributed by atoms with van der Waals surface area (Å²) in [4.78, 5) is 12.1. The first kappa shape index (κ1) is 13.1. The van der Waals surface area contributed by atoms with E-state index in [1.165, 1.54) is 11.1 Å². The molecule has 2 unspecified atom stereocenters. The summed E-state index contributed by atoms with van der Waals surface area (Å²) in [6.45, 7) is 4.11. The number of carbonyl (C=O) groups is 1. The van der Waals surface area contributed by atoms with Gasteiger partial charge in [-0.3, -0.25) is 4.79 Å². The van der Waals surface area contributed by atoms with Crippen LogP contribution in [0.3, 0.4) is 0 Å². The van der Waals surface area contributed by atoms with Crippen molar-refractivity contribution in [1.29, 1.82) is 0 Å². The zero-order valence-corrected chi connectivity index (χ0v) is 11.1. The van der Waals surface area contributed by atoms with E-state index >= 15 is 0 Å². The molecule has 0 aliphatic heterocycles. The molecule has 0 heterocycles. The van der Waals surface area contributed by atoms with Crippen molar-refractivity contribution in [3.05, 3.63) is 35.4 Å². The van der Waals surface area contributed by atoms with E-state index in [9.17, 15) is 4.79 Å². The lowest BCUT2D eigenvalue weighted by atomic mass is 10.0. The Balaban J connectivity index is 1.97. The lowest BCUT2D eigenvalue weighted by Crippen LogP contribution is -2.32. The Morgan fingerprint density at radius 3 is 2.72 bits per heavy atom. The van der Waals surface area contributed by atoms with Gasteiger partial charge in [-0.2, -0.15) is 0 Å². The smallest absolute Gasteiger partial charge is 0.223 e. The number of rotatable bonds is 3. The minimum absolute atomic E-state index is 0.0653. The van der Waals surface area contributed by atoms with Gasteiger partial charge in [-0.15, -0.1) is 0 Å². The van der Waals surface area contributed by atoms with Crippen molar-refractivity contribution in [3.63, 3.8) is 0 Å². The third-order valence-electron chi connectivity index (χ3n) is 3.86. The predicted molar refractivity (Wildman–Crippen MR) is 73.1 cm³/mol. The lowest BCUT2D eigenvalue weighted by molar-refractivity contribution is -0.125. The Bertz CT molecular complexity index is 430. The number of nitrogens with one attached hydrogen (secondary N) is 1. The second-order valence-electron chi connectivity index (χ2n) is 5.36. The van der Waals surface area contributed by atoms with Gasteiger partial charge in [0.25, 0.3) is 0 Å². The van der Waals surface area contributed by atoms with E-state index in [-0.39, 0.29) is 23.9 Å². The number of amides is 1.